The minimum Gasteiger partial charge on any atom is -0.447 e. The topological polar surface area (TPSA) is 61.9 Å². The normalized spacial score (nSPS) is 29.2. The van der Waals surface area contributed by atoms with Crippen molar-refractivity contribution in [2.24, 2.45) is 17.3 Å². The molecule has 2 aliphatic carbocycles. The van der Waals surface area contributed by atoms with E-state index in [2.05, 4.69) is 69.1 Å². The first-order valence-electron chi connectivity index (χ1n) is 15.6. The van der Waals surface area contributed by atoms with E-state index in [0.717, 1.165) is 45.3 Å². The van der Waals surface area contributed by atoms with Crippen LogP contribution in [-0.2, 0) is 9.53 Å². The Morgan fingerprint density at radius 3 is 2.31 bits per heavy atom. The molecule has 3 unspecified atom stereocenters. The van der Waals surface area contributed by atoms with Crippen LogP contribution < -0.4 is 5.32 Å². The van der Waals surface area contributed by atoms with E-state index in [-0.39, 0.29) is 28.9 Å². The Bertz CT molecular complexity index is 1010. The van der Waals surface area contributed by atoms with Crippen LogP contribution in [0.5, 0.6) is 0 Å². The second-order valence-electron chi connectivity index (χ2n) is 14.1. The first-order chi connectivity index (χ1) is 18.6. The third kappa shape index (κ3) is 6.01. The highest BCUT2D eigenvalue weighted by atomic mass is 16.6. The van der Waals surface area contributed by atoms with Crippen molar-refractivity contribution in [3.05, 3.63) is 35.4 Å². The molecular weight excluding hydrogens is 486 g/mol. The first kappa shape index (κ1) is 28.4. The maximum atomic E-state index is 14.2. The highest BCUT2D eigenvalue weighted by molar-refractivity contribution is 5.80. The molecule has 39 heavy (non-hydrogen) atoms. The molecule has 0 aromatic heterocycles. The number of aryl methyl sites for hydroxylation is 1. The van der Waals surface area contributed by atoms with E-state index in [1.165, 1.54) is 43.2 Å². The van der Waals surface area contributed by atoms with Gasteiger partial charge in [-0.2, -0.15) is 0 Å². The van der Waals surface area contributed by atoms with Gasteiger partial charge in [-0.15, -0.1) is 0 Å². The second-order valence-corrected chi connectivity index (χ2v) is 14.1. The van der Waals surface area contributed by atoms with Crippen molar-refractivity contribution >= 4 is 12.0 Å². The molecule has 4 fully saturated rings. The van der Waals surface area contributed by atoms with Crippen LogP contribution in [0, 0.1) is 24.2 Å². The number of nitrogens with zero attached hydrogens (tertiary/aromatic N) is 2. The third-order valence-electron chi connectivity index (χ3n) is 10.5. The van der Waals surface area contributed by atoms with Gasteiger partial charge in [-0.25, -0.2) is 4.79 Å². The van der Waals surface area contributed by atoms with E-state index < -0.39 is 0 Å². The van der Waals surface area contributed by atoms with E-state index in [1.807, 2.05) is 4.90 Å². The quantitative estimate of drug-likeness (QED) is 0.445. The molecule has 0 radical (unpaired) electrons. The number of likely N-dealkylation sites (tertiary alicyclic amines) is 1. The van der Waals surface area contributed by atoms with Crippen molar-refractivity contribution in [1.82, 2.24) is 15.1 Å². The third-order valence-corrected chi connectivity index (χ3v) is 10.5. The van der Waals surface area contributed by atoms with Gasteiger partial charge in [0.25, 0.3) is 0 Å². The maximum Gasteiger partial charge on any atom is 0.410 e. The van der Waals surface area contributed by atoms with Crippen LogP contribution in [0.3, 0.4) is 0 Å². The molecule has 4 aliphatic rings. The predicted molar refractivity (Wildman–Crippen MR) is 156 cm³/mol. The lowest BCUT2D eigenvalue weighted by molar-refractivity contribution is -0.139. The molecule has 3 atom stereocenters. The molecule has 2 heterocycles. The van der Waals surface area contributed by atoms with Gasteiger partial charge >= 0.3 is 6.09 Å². The summed E-state index contributed by atoms with van der Waals surface area (Å²) in [7, 11) is 0. The van der Waals surface area contributed by atoms with Gasteiger partial charge in [0.1, 0.15) is 6.61 Å². The lowest BCUT2D eigenvalue weighted by Gasteiger charge is -2.51. The predicted octanol–water partition coefficient (Wildman–Crippen LogP) is 6.28. The summed E-state index contributed by atoms with van der Waals surface area (Å²) in [6.45, 7) is 13.6. The molecular formula is C33H51N3O3. The number of nitrogens with one attached hydrogen (secondary N) is 1. The molecule has 2 saturated carbocycles. The number of ether oxygens (including phenoxy) is 1. The summed E-state index contributed by atoms with van der Waals surface area (Å²) < 4.78 is 5.50. The van der Waals surface area contributed by atoms with Gasteiger partial charge in [0.15, 0.2) is 0 Å². The lowest BCUT2D eigenvalue weighted by atomic mass is 9.63. The average Bonchev–Trinajstić information content (AvgIpc) is 3.45. The minimum atomic E-state index is -0.269. The number of hydrogen-bond donors (Lipinski definition) is 1. The Kier molecular flexibility index (Phi) is 8.33. The van der Waals surface area contributed by atoms with Crippen LogP contribution in [0.25, 0.3) is 0 Å². The zero-order chi connectivity index (χ0) is 27.8. The highest BCUT2D eigenvalue weighted by Gasteiger charge is 2.50. The zero-order valence-electron chi connectivity index (χ0n) is 25.0. The number of piperidine rings is 1. The number of carbonyl (C=O) groups is 2. The summed E-state index contributed by atoms with van der Waals surface area (Å²) in [5, 5.41) is 3.73. The SMILES string of the molecule is Cc1ccc(C2CC(NC(C)C)CC2C(=O)N2CCC(CN3C(=O)OCC3(C)C)(C3CCCCC3)CC2)cc1. The van der Waals surface area contributed by atoms with Crippen LogP contribution in [0.2, 0.25) is 0 Å². The van der Waals surface area contributed by atoms with E-state index in [0.29, 0.717) is 30.5 Å². The number of hydrogen-bond acceptors (Lipinski definition) is 4. The fourth-order valence-corrected chi connectivity index (χ4v) is 8.15. The van der Waals surface area contributed by atoms with Gasteiger partial charge in [0, 0.05) is 37.6 Å². The first-order valence-corrected chi connectivity index (χ1v) is 15.6. The van der Waals surface area contributed by atoms with Crippen molar-refractivity contribution in [3.8, 4) is 0 Å². The zero-order valence-corrected chi connectivity index (χ0v) is 25.0. The van der Waals surface area contributed by atoms with Crippen LogP contribution in [0.15, 0.2) is 24.3 Å². The van der Waals surface area contributed by atoms with Crippen LogP contribution in [0.4, 0.5) is 4.79 Å². The molecule has 1 N–H and O–H groups in total. The van der Waals surface area contributed by atoms with Crippen molar-refractivity contribution in [3.63, 3.8) is 0 Å². The Labute approximate surface area is 236 Å². The lowest BCUT2D eigenvalue weighted by Crippen LogP contribution is -2.55. The fraction of sp³-hybridized carbons (Fsp3) is 0.758. The van der Waals surface area contributed by atoms with Gasteiger partial charge in [0.05, 0.1) is 5.54 Å². The Hall–Kier alpha value is -2.08. The summed E-state index contributed by atoms with van der Waals surface area (Å²) in [6.07, 6.45) is 10.1. The number of cyclic esters (lactones) is 1. The Morgan fingerprint density at radius 2 is 1.72 bits per heavy atom. The van der Waals surface area contributed by atoms with Gasteiger partial charge in [-0.05, 0) is 82.1 Å². The molecule has 216 valence electrons. The summed E-state index contributed by atoms with van der Waals surface area (Å²) in [6, 6.07) is 9.63. The largest absolute Gasteiger partial charge is 0.447 e. The molecule has 5 rings (SSSR count). The molecule has 0 spiro atoms. The smallest absolute Gasteiger partial charge is 0.410 e. The molecule has 0 bridgehead atoms. The molecule has 1 aromatic carbocycles. The summed E-state index contributed by atoms with van der Waals surface area (Å²) in [5.74, 6) is 1.25. The average molecular weight is 538 g/mol. The number of amides is 2. The monoisotopic (exact) mass is 537 g/mol. The molecule has 2 aliphatic heterocycles. The highest BCUT2D eigenvalue weighted by Crippen LogP contribution is 2.49. The van der Waals surface area contributed by atoms with Crippen molar-refractivity contribution < 1.29 is 14.3 Å². The van der Waals surface area contributed by atoms with E-state index in [1.54, 1.807) is 0 Å². The Morgan fingerprint density at radius 1 is 1.05 bits per heavy atom. The van der Waals surface area contributed by atoms with Crippen molar-refractivity contribution in [2.45, 2.75) is 116 Å². The summed E-state index contributed by atoms with van der Waals surface area (Å²) >= 11 is 0. The number of benzene rings is 1. The summed E-state index contributed by atoms with van der Waals surface area (Å²) in [4.78, 5) is 31.1. The molecule has 1 aromatic rings. The molecule has 2 saturated heterocycles. The molecule has 6 heteroatoms. The number of rotatable bonds is 7. The molecule has 6 nitrogen and oxygen atoms in total. The van der Waals surface area contributed by atoms with E-state index in [9.17, 15) is 9.59 Å². The van der Waals surface area contributed by atoms with Crippen LogP contribution >= 0.6 is 0 Å². The summed E-state index contributed by atoms with van der Waals surface area (Å²) in [5.41, 5.74) is 2.37. The second kappa shape index (κ2) is 11.4. The van der Waals surface area contributed by atoms with Gasteiger partial charge in [-0.3, -0.25) is 9.69 Å². The van der Waals surface area contributed by atoms with Gasteiger partial charge in [-0.1, -0.05) is 62.9 Å². The molecule has 2 amide bonds. The van der Waals surface area contributed by atoms with Crippen LogP contribution in [-0.4, -0.2) is 65.7 Å². The fourth-order valence-electron chi connectivity index (χ4n) is 8.15. The van der Waals surface area contributed by atoms with Gasteiger partial charge < -0.3 is 15.0 Å². The van der Waals surface area contributed by atoms with Gasteiger partial charge in [0.2, 0.25) is 5.91 Å². The minimum absolute atomic E-state index is 0.0265. The number of carbonyl (C=O) groups excluding carboxylic acids is 2. The van der Waals surface area contributed by atoms with Crippen molar-refractivity contribution in [2.75, 3.05) is 26.2 Å². The maximum absolute atomic E-state index is 14.2. The van der Waals surface area contributed by atoms with Crippen LogP contribution in [0.1, 0.15) is 103 Å². The Balaban J connectivity index is 1.33. The van der Waals surface area contributed by atoms with E-state index in [4.69, 9.17) is 4.74 Å². The van der Waals surface area contributed by atoms with Crippen molar-refractivity contribution in [1.29, 1.82) is 0 Å². The standard InChI is InChI=1S/C33H51N3O3/c1-23(2)34-27-19-28(25-13-11-24(3)12-14-25)29(20-27)30(37)35-17-15-33(16-18-35,26-9-7-6-8-10-26)21-36-31(38)39-22-32(36,4)5/h11-14,23,26-29,34H,6-10,15-22H2,1-5H3. The van der Waals surface area contributed by atoms with E-state index >= 15 is 0 Å².